The zero-order valence-electron chi connectivity index (χ0n) is 9.66. The molecule has 0 spiro atoms. The number of ether oxygens (including phenoxy) is 1. The highest BCUT2D eigenvalue weighted by Crippen LogP contribution is 2.63. The van der Waals surface area contributed by atoms with Crippen molar-refractivity contribution in [2.24, 2.45) is 23.2 Å². The van der Waals surface area contributed by atoms with Crippen molar-refractivity contribution in [3.63, 3.8) is 0 Å². The van der Waals surface area contributed by atoms with E-state index in [2.05, 4.69) is 13.8 Å². The molecule has 3 rings (SSSR count). The van der Waals surface area contributed by atoms with E-state index in [1.54, 1.807) is 0 Å². The minimum absolute atomic E-state index is 0.318. The van der Waals surface area contributed by atoms with E-state index in [4.69, 9.17) is 4.74 Å². The van der Waals surface area contributed by atoms with E-state index in [-0.39, 0.29) is 0 Å². The van der Waals surface area contributed by atoms with Crippen molar-refractivity contribution in [3.05, 3.63) is 0 Å². The van der Waals surface area contributed by atoms with E-state index in [1.165, 1.54) is 12.8 Å². The Labute approximate surface area is 86.6 Å². The van der Waals surface area contributed by atoms with Crippen LogP contribution in [-0.4, -0.2) is 17.5 Å². The molecule has 0 amide bonds. The van der Waals surface area contributed by atoms with Crippen molar-refractivity contribution >= 4 is 0 Å². The third-order valence-electron chi connectivity index (χ3n) is 4.49. The van der Waals surface area contributed by atoms with Gasteiger partial charge in [-0.05, 0) is 30.1 Å². The zero-order valence-corrected chi connectivity index (χ0v) is 9.66. The number of aliphatic hydroxyl groups is 1. The van der Waals surface area contributed by atoms with Gasteiger partial charge < -0.3 is 9.84 Å². The van der Waals surface area contributed by atoms with Crippen LogP contribution in [0.25, 0.3) is 0 Å². The lowest BCUT2D eigenvalue weighted by atomic mass is 9.72. The van der Waals surface area contributed by atoms with Crippen LogP contribution in [0.2, 0.25) is 0 Å². The predicted octanol–water partition coefficient (Wildman–Crippen LogP) is 2.41. The quantitative estimate of drug-likeness (QED) is 0.647. The molecule has 2 bridgehead atoms. The van der Waals surface area contributed by atoms with Gasteiger partial charge in [0.15, 0.2) is 6.29 Å². The summed E-state index contributed by atoms with van der Waals surface area (Å²) in [6, 6.07) is 0. The molecule has 3 fully saturated rings. The van der Waals surface area contributed by atoms with E-state index < -0.39 is 6.29 Å². The second-order valence-corrected chi connectivity index (χ2v) is 5.26. The van der Waals surface area contributed by atoms with Crippen LogP contribution in [0.3, 0.4) is 0 Å². The first-order valence-electron chi connectivity index (χ1n) is 5.94. The second kappa shape index (κ2) is 3.21. The van der Waals surface area contributed by atoms with Crippen molar-refractivity contribution in [2.45, 2.75) is 52.9 Å². The van der Waals surface area contributed by atoms with Gasteiger partial charge in [-0.25, -0.2) is 0 Å². The molecule has 0 aromatic heterocycles. The van der Waals surface area contributed by atoms with Crippen molar-refractivity contribution in [1.29, 1.82) is 0 Å². The molecule has 2 nitrogen and oxygen atoms in total. The Hall–Kier alpha value is -0.0800. The van der Waals surface area contributed by atoms with Crippen LogP contribution < -0.4 is 0 Å². The lowest BCUT2D eigenvalue weighted by Crippen LogP contribution is -2.34. The fraction of sp³-hybridized carbons (Fsp3) is 1.00. The van der Waals surface area contributed by atoms with Gasteiger partial charge in [0.05, 0.1) is 6.10 Å². The average Bonchev–Trinajstić information content (AvgIpc) is 2.74. The highest BCUT2D eigenvalue weighted by Gasteiger charge is 2.63. The lowest BCUT2D eigenvalue weighted by Gasteiger charge is -2.33. The van der Waals surface area contributed by atoms with Gasteiger partial charge in [-0.15, -0.1) is 0 Å². The Morgan fingerprint density at radius 3 is 2.21 bits per heavy atom. The third kappa shape index (κ3) is 1.10. The SMILES string of the molecule is CC.CC1(C)C2CC3C(C2)[C@@H](O)O[C@H]31. The number of hydrogen-bond acceptors (Lipinski definition) is 2. The Morgan fingerprint density at radius 1 is 1.14 bits per heavy atom. The van der Waals surface area contributed by atoms with Gasteiger partial charge in [0, 0.05) is 5.92 Å². The summed E-state index contributed by atoms with van der Waals surface area (Å²) in [5.41, 5.74) is 0.318. The zero-order chi connectivity index (χ0) is 10.5. The lowest BCUT2D eigenvalue weighted by molar-refractivity contribution is -0.121. The highest BCUT2D eigenvalue weighted by molar-refractivity contribution is 5.10. The average molecular weight is 198 g/mol. The summed E-state index contributed by atoms with van der Waals surface area (Å²) in [7, 11) is 0. The Balaban J connectivity index is 0.000000354. The fourth-order valence-corrected chi connectivity index (χ4v) is 3.70. The summed E-state index contributed by atoms with van der Waals surface area (Å²) in [5.74, 6) is 1.93. The van der Waals surface area contributed by atoms with E-state index >= 15 is 0 Å². The molecule has 0 radical (unpaired) electrons. The van der Waals surface area contributed by atoms with Gasteiger partial charge in [-0.1, -0.05) is 27.7 Å². The first-order chi connectivity index (χ1) is 6.60. The van der Waals surface area contributed by atoms with Crippen molar-refractivity contribution in [2.75, 3.05) is 0 Å². The van der Waals surface area contributed by atoms with Crippen molar-refractivity contribution in [1.82, 2.24) is 0 Å². The maximum Gasteiger partial charge on any atom is 0.158 e. The van der Waals surface area contributed by atoms with Gasteiger partial charge in [-0.3, -0.25) is 0 Å². The van der Waals surface area contributed by atoms with Crippen LogP contribution in [0, 0.1) is 23.2 Å². The molecule has 82 valence electrons. The van der Waals surface area contributed by atoms with Crippen LogP contribution >= 0.6 is 0 Å². The minimum Gasteiger partial charge on any atom is -0.368 e. The largest absolute Gasteiger partial charge is 0.368 e. The molecule has 1 heterocycles. The molecule has 3 aliphatic rings. The monoisotopic (exact) mass is 198 g/mol. The summed E-state index contributed by atoms with van der Waals surface area (Å²) < 4.78 is 5.61. The molecule has 1 aliphatic heterocycles. The van der Waals surface area contributed by atoms with Crippen molar-refractivity contribution in [3.8, 4) is 0 Å². The van der Waals surface area contributed by atoms with Crippen LogP contribution in [0.5, 0.6) is 0 Å². The summed E-state index contributed by atoms with van der Waals surface area (Å²) in [6.07, 6.45) is 2.37. The van der Waals surface area contributed by atoms with E-state index in [0.717, 1.165) is 5.92 Å². The molecule has 0 aromatic rings. The van der Waals surface area contributed by atoms with Crippen LogP contribution in [0.4, 0.5) is 0 Å². The van der Waals surface area contributed by atoms with Gasteiger partial charge in [0.1, 0.15) is 0 Å². The summed E-state index contributed by atoms with van der Waals surface area (Å²) in [6.45, 7) is 8.58. The molecular weight excluding hydrogens is 176 g/mol. The fourth-order valence-electron chi connectivity index (χ4n) is 3.70. The van der Waals surface area contributed by atoms with Gasteiger partial charge in [-0.2, -0.15) is 0 Å². The maximum atomic E-state index is 9.61. The van der Waals surface area contributed by atoms with Gasteiger partial charge in [0.2, 0.25) is 0 Å². The molecule has 3 unspecified atom stereocenters. The van der Waals surface area contributed by atoms with Gasteiger partial charge >= 0.3 is 0 Å². The summed E-state index contributed by atoms with van der Waals surface area (Å²) in [4.78, 5) is 0. The number of fused-ring (bicyclic) bond motifs is 1. The highest BCUT2D eigenvalue weighted by atomic mass is 16.6. The number of hydrogen-bond donors (Lipinski definition) is 1. The molecule has 2 heteroatoms. The Bertz CT molecular complexity index is 224. The third-order valence-corrected chi connectivity index (χ3v) is 4.49. The number of aliphatic hydroxyl groups excluding tert-OH is 1. The molecule has 1 N–H and O–H groups in total. The van der Waals surface area contributed by atoms with Crippen LogP contribution in [-0.2, 0) is 4.74 Å². The van der Waals surface area contributed by atoms with Gasteiger partial charge in [0.25, 0.3) is 0 Å². The van der Waals surface area contributed by atoms with Crippen LogP contribution in [0.15, 0.2) is 0 Å². The molecule has 0 aromatic carbocycles. The maximum absolute atomic E-state index is 9.61. The Kier molecular flexibility index (Phi) is 2.39. The predicted molar refractivity (Wildman–Crippen MR) is 55.7 cm³/mol. The molecule has 5 atom stereocenters. The smallest absolute Gasteiger partial charge is 0.158 e. The first-order valence-corrected chi connectivity index (χ1v) is 5.94. The molecule has 2 aliphatic carbocycles. The van der Waals surface area contributed by atoms with E-state index in [1.807, 2.05) is 13.8 Å². The molecule has 1 saturated heterocycles. The molecule has 14 heavy (non-hydrogen) atoms. The topological polar surface area (TPSA) is 29.5 Å². The van der Waals surface area contributed by atoms with Crippen LogP contribution in [0.1, 0.15) is 40.5 Å². The Morgan fingerprint density at radius 2 is 1.71 bits per heavy atom. The van der Waals surface area contributed by atoms with E-state index in [9.17, 15) is 5.11 Å². The van der Waals surface area contributed by atoms with Crippen molar-refractivity contribution < 1.29 is 9.84 Å². The summed E-state index contributed by atoms with van der Waals surface area (Å²) in [5, 5.41) is 9.61. The molecular formula is C12H22O2. The minimum atomic E-state index is -0.452. The number of rotatable bonds is 0. The normalized spacial score (nSPS) is 51.6. The summed E-state index contributed by atoms with van der Waals surface area (Å²) >= 11 is 0. The standard InChI is InChI=1S/C10H16O2.C2H6/c1-10(2)5-3-6-7(4-5)9(11)12-8(6)10;1-2/h5-9,11H,3-4H2,1-2H3;1-2H3/t5?,6?,7?,8-,9+;/m1./s1. The molecule has 2 saturated carbocycles. The van der Waals surface area contributed by atoms with E-state index in [0.29, 0.717) is 23.4 Å². The second-order valence-electron chi connectivity index (χ2n) is 5.26. The first kappa shape index (κ1) is 10.4.